The van der Waals surface area contributed by atoms with Crippen LogP contribution in [0.2, 0.25) is 0 Å². The van der Waals surface area contributed by atoms with E-state index in [4.69, 9.17) is 9.84 Å². The molecule has 106 valence electrons. The van der Waals surface area contributed by atoms with Crippen LogP contribution in [-0.4, -0.2) is 34.8 Å². The molecule has 1 aromatic carbocycles. The SMILES string of the molecule is COc1ccc(Nc2cc(NC(C)CO)ncn2)cc1. The summed E-state index contributed by atoms with van der Waals surface area (Å²) in [6.45, 7) is 1.92. The van der Waals surface area contributed by atoms with Gasteiger partial charge >= 0.3 is 0 Å². The number of methoxy groups -OCH3 is 1. The van der Waals surface area contributed by atoms with Gasteiger partial charge in [0.1, 0.15) is 23.7 Å². The Morgan fingerprint density at radius 2 is 1.90 bits per heavy atom. The number of aliphatic hydroxyl groups excluding tert-OH is 1. The number of rotatable bonds is 6. The van der Waals surface area contributed by atoms with Crippen molar-refractivity contribution in [2.45, 2.75) is 13.0 Å². The summed E-state index contributed by atoms with van der Waals surface area (Å²) in [6.07, 6.45) is 1.47. The molecule has 0 amide bonds. The van der Waals surface area contributed by atoms with E-state index in [9.17, 15) is 0 Å². The summed E-state index contributed by atoms with van der Waals surface area (Å²) < 4.78 is 5.11. The van der Waals surface area contributed by atoms with Gasteiger partial charge < -0.3 is 20.5 Å². The molecule has 20 heavy (non-hydrogen) atoms. The molecule has 0 fully saturated rings. The zero-order chi connectivity index (χ0) is 14.4. The molecule has 1 atom stereocenters. The molecular formula is C14H18N4O2. The standard InChI is InChI=1S/C14H18N4O2/c1-10(8-19)17-13-7-14(16-9-15-13)18-11-3-5-12(20-2)6-4-11/h3-7,9-10,19H,8H2,1-2H3,(H2,15,16,17,18). The highest BCUT2D eigenvalue weighted by Gasteiger charge is 2.03. The molecule has 0 saturated carbocycles. The number of nitrogens with one attached hydrogen (secondary N) is 2. The lowest BCUT2D eigenvalue weighted by Gasteiger charge is -2.12. The first kappa shape index (κ1) is 14.1. The smallest absolute Gasteiger partial charge is 0.135 e. The normalized spacial score (nSPS) is 11.8. The summed E-state index contributed by atoms with van der Waals surface area (Å²) >= 11 is 0. The molecule has 0 spiro atoms. The fourth-order valence-corrected chi connectivity index (χ4v) is 1.62. The van der Waals surface area contributed by atoms with Crippen LogP contribution in [0.15, 0.2) is 36.7 Å². The van der Waals surface area contributed by atoms with Crippen molar-refractivity contribution in [1.29, 1.82) is 0 Å². The van der Waals surface area contributed by atoms with Gasteiger partial charge in [-0.3, -0.25) is 0 Å². The quantitative estimate of drug-likeness (QED) is 0.748. The minimum atomic E-state index is -0.0567. The van der Waals surface area contributed by atoms with Crippen molar-refractivity contribution in [2.24, 2.45) is 0 Å². The van der Waals surface area contributed by atoms with Crippen LogP contribution in [0, 0.1) is 0 Å². The lowest BCUT2D eigenvalue weighted by atomic mass is 10.3. The summed E-state index contributed by atoms with van der Waals surface area (Å²) in [7, 11) is 1.63. The van der Waals surface area contributed by atoms with Crippen molar-refractivity contribution in [1.82, 2.24) is 9.97 Å². The Bertz CT molecular complexity index is 545. The van der Waals surface area contributed by atoms with Gasteiger partial charge in [0.05, 0.1) is 13.7 Å². The molecule has 6 nitrogen and oxygen atoms in total. The van der Waals surface area contributed by atoms with Crippen LogP contribution >= 0.6 is 0 Å². The number of aliphatic hydroxyl groups is 1. The van der Waals surface area contributed by atoms with Crippen LogP contribution in [0.5, 0.6) is 5.75 Å². The number of benzene rings is 1. The van der Waals surface area contributed by atoms with Gasteiger partial charge in [-0.2, -0.15) is 0 Å². The minimum absolute atomic E-state index is 0.0469. The summed E-state index contributed by atoms with van der Waals surface area (Å²) in [4.78, 5) is 8.26. The van der Waals surface area contributed by atoms with Crippen molar-refractivity contribution >= 4 is 17.3 Å². The summed E-state index contributed by atoms with van der Waals surface area (Å²) in [6, 6.07) is 9.29. The van der Waals surface area contributed by atoms with Crippen LogP contribution in [0.1, 0.15) is 6.92 Å². The predicted octanol–water partition coefficient (Wildman–Crippen LogP) is 2.02. The first-order chi connectivity index (χ1) is 9.71. The van der Waals surface area contributed by atoms with E-state index in [-0.39, 0.29) is 12.6 Å². The Morgan fingerprint density at radius 3 is 2.55 bits per heavy atom. The Kier molecular flexibility index (Phi) is 4.73. The number of nitrogens with zero attached hydrogens (tertiary/aromatic N) is 2. The molecule has 2 aromatic rings. The van der Waals surface area contributed by atoms with Crippen LogP contribution in [0.25, 0.3) is 0 Å². The maximum Gasteiger partial charge on any atom is 0.135 e. The predicted molar refractivity (Wildman–Crippen MR) is 78.5 cm³/mol. The number of ether oxygens (including phenoxy) is 1. The van der Waals surface area contributed by atoms with E-state index in [0.717, 1.165) is 11.4 Å². The Labute approximate surface area is 117 Å². The molecule has 0 radical (unpaired) electrons. The molecule has 0 bridgehead atoms. The van der Waals surface area contributed by atoms with E-state index in [2.05, 4.69) is 20.6 Å². The van der Waals surface area contributed by atoms with Crippen molar-refractivity contribution < 1.29 is 9.84 Å². The van der Waals surface area contributed by atoms with E-state index < -0.39 is 0 Å². The van der Waals surface area contributed by atoms with Gasteiger partial charge in [0.2, 0.25) is 0 Å². The first-order valence-electron chi connectivity index (χ1n) is 6.32. The second-order valence-electron chi connectivity index (χ2n) is 4.37. The number of anilines is 3. The van der Waals surface area contributed by atoms with Crippen LogP contribution in [-0.2, 0) is 0 Å². The molecule has 3 N–H and O–H groups in total. The third-order valence-corrected chi connectivity index (χ3v) is 2.70. The third kappa shape index (κ3) is 3.83. The van der Waals surface area contributed by atoms with Gasteiger partial charge in [0.15, 0.2) is 0 Å². The average molecular weight is 274 g/mol. The number of hydrogen-bond donors (Lipinski definition) is 3. The molecule has 0 aliphatic carbocycles. The Balaban J connectivity index is 2.06. The summed E-state index contributed by atoms with van der Waals surface area (Å²) in [5.41, 5.74) is 0.908. The van der Waals surface area contributed by atoms with Crippen molar-refractivity contribution in [3.8, 4) is 5.75 Å². The number of aromatic nitrogens is 2. The van der Waals surface area contributed by atoms with E-state index in [1.54, 1.807) is 13.2 Å². The molecule has 0 aliphatic heterocycles. The van der Waals surface area contributed by atoms with Gasteiger partial charge in [-0.1, -0.05) is 0 Å². The van der Waals surface area contributed by atoms with E-state index in [1.807, 2.05) is 31.2 Å². The lowest BCUT2D eigenvalue weighted by Crippen LogP contribution is -2.20. The highest BCUT2D eigenvalue weighted by atomic mass is 16.5. The van der Waals surface area contributed by atoms with E-state index >= 15 is 0 Å². The average Bonchev–Trinajstić information content (AvgIpc) is 2.48. The number of hydrogen-bond acceptors (Lipinski definition) is 6. The van der Waals surface area contributed by atoms with Gasteiger partial charge in [-0.15, -0.1) is 0 Å². The zero-order valence-electron chi connectivity index (χ0n) is 11.5. The van der Waals surface area contributed by atoms with Crippen LogP contribution in [0.4, 0.5) is 17.3 Å². The fraction of sp³-hybridized carbons (Fsp3) is 0.286. The Morgan fingerprint density at radius 1 is 1.20 bits per heavy atom. The lowest BCUT2D eigenvalue weighted by molar-refractivity contribution is 0.281. The van der Waals surface area contributed by atoms with Crippen LogP contribution in [0.3, 0.4) is 0 Å². The van der Waals surface area contributed by atoms with Gasteiger partial charge in [0, 0.05) is 17.8 Å². The molecule has 2 rings (SSSR count). The molecule has 0 aliphatic rings. The zero-order valence-corrected chi connectivity index (χ0v) is 11.5. The molecular weight excluding hydrogens is 256 g/mol. The molecule has 0 saturated heterocycles. The van der Waals surface area contributed by atoms with Crippen molar-refractivity contribution in [2.75, 3.05) is 24.4 Å². The van der Waals surface area contributed by atoms with Crippen LogP contribution < -0.4 is 15.4 Å². The summed E-state index contributed by atoms with van der Waals surface area (Å²) in [5, 5.41) is 15.3. The van der Waals surface area contributed by atoms with E-state index in [0.29, 0.717) is 11.6 Å². The van der Waals surface area contributed by atoms with Gasteiger partial charge in [0.25, 0.3) is 0 Å². The molecule has 1 heterocycles. The monoisotopic (exact) mass is 274 g/mol. The van der Waals surface area contributed by atoms with Crippen molar-refractivity contribution in [3.63, 3.8) is 0 Å². The highest BCUT2D eigenvalue weighted by Crippen LogP contribution is 2.19. The topological polar surface area (TPSA) is 79.3 Å². The van der Waals surface area contributed by atoms with Crippen molar-refractivity contribution in [3.05, 3.63) is 36.7 Å². The largest absolute Gasteiger partial charge is 0.497 e. The highest BCUT2D eigenvalue weighted by molar-refractivity contribution is 5.59. The van der Waals surface area contributed by atoms with Gasteiger partial charge in [-0.25, -0.2) is 9.97 Å². The second-order valence-corrected chi connectivity index (χ2v) is 4.37. The molecule has 6 heteroatoms. The fourth-order valence-electron chi connectivity index (χ4n) is 1.62. The first-order valence-corrected chi connectivity index (χ1v) is 6.32. The third-order valence-electron chi connectivity index (χ3n) is 2.70. The summed E-state index contributed by atoms with van der Waals surface area (Å²) in [5.74, 6) is 2.15. The maximum absolute atomic E-state index is 9.02. The van der Waals surface area contributed by atoms with Gasteiger partial charge in [-0.05, 0) is 31.2 Å². The molecule has 1 aromatic heterocycles. The maximum atomic E-state index is 9.02. The van der Waals surface area contributed by atoms with E-state index in [1.165, 1.54) is 6.33 Å². The second kappa shape index (κ2) is 6.72. The molecule has 1 unspecified atom stereocenters. The Hall–Kier alpha value is -2.34. The minimum Gasteiger partial charge on any atom is -0.497 e.